The van der Waals surface area contributed by atoms with Gasteiger partial charge in [-0.25, -0.2) is 4.68 Å². The second-order valence-electron chi connectivity index (χ2n) is 5.33. The molecule has 0 aliphatic heterocycles. The molecule has 1 unspecified atom stereocenters. The molecule has 0 fully saturated rings. The first kappa shape index (κ1) is 18.3. The van der Waals surface area contributed by atoms with E-state index < -0.39 is 11.9 Å². The molecule has 1 heterocycles. The summed E-state index contributed by atoms with van der Waals surface area (Å²) in [4.78, 5) is 24.9. The van der Waals surface area contributed by atoms with Gasteiger partial charge in [-0.3, -0.25) is 9.59 Å². The molecule has 1 aromatic heterocycles. The van der Waals surface area contributed by atoms with E-state index in [2.05, 4.69) is 5.10 Å². The van der Waals surface area contributed by atoms with E-state index in [9.17, 15) is 9.59 Å². The van der Waals surface area contributed by atoms with Crippen molar-refractivity contribution in [1.82, 2.24) is 14.7 Å². The first-order valence-electron chi connectivity index (χ1n) is 7.37. The summed E-state index contributed by atoms with van der Waals surface area (Å²) in [5.74, 6) is -1.49. The zero-order chi connectivity index (χ0) is 17.9. The molecule has 2 aromatic rings. The van der Waals surface area contributed by atoms with Gasteiger partial charge in [0, 0.05) is 12.2 Å². The van der Waals surface area contributed by atoms with Crippen LogP contribution in [0.3, 0.4) is 0 Å². The zero-order valence-electron chi connectivity index (χ0n) is 13.2. The second kappa shape index (κ2) is 7.68. The van der Waals surface area contributed by atoms with Gasteiger partial charge in [0.05, 0.1) is 15.7 Å². The first-order chi connectivity index (χ1) is 11.3. The van der Waals surface area contributed by atoms with Crippen molar-refractivity contribution in [3.63, 3.8) is 0 Å². The average Bonchev–Trinajstić information content (AvgIpc) is 3.03. The fourth-order valence-electron chi connectivity index (χ4n) is 2.15. The van der Waals surface area contributed by atoms with E-state index in [0.717, 1.165) is 0 Å². The van der Waals surface area contributed by atoms with Crippen LogP contribution in [-0.2, 0) is 4.79 Å². The summed E-state index contributed by atoms with van der Waals surface area (Å²) in [6, 6.07) is 6.33. The Morgan fingerprint density at radius 2 is 2.00 bits per heavy atom. The number of nitrogens with zero attached hydrogens (tertiary/aromatic N) is 3. The molecule has 8 heteroatoms. The molecule has 2 rings (SSSR count). The van der Waals surface area contributed by atoms with E-state index >= 15 is 0 Å². The van der Waals surface area contributed by atoms with Gasteiger partial charge in [0.1, 0.15) is 6.54 Å². The van der Waals surface area contributed by atoms with E-state index in [4.69, 9.17) is 28.3 Å². The quantitative estimate of drug-likeness (QED) is 0.845. The lowest BCUT2D eigenvalue weighted by Gasteiger charge is -2.26. The highest BCUT2D eigenvalue weighted by atomic mass is 35.5. The van der Waals surface area contributed by atoms with Crippen molar-refractivity contribution in [2.45, 2.75) is 26.3 Å². The Balaban J connectivity index is 2.28. The monoisotopic (exact) mass is 369 g/mol. The van der Waals surface area contributed by atoms with Gasteiger partial charge in [-0.2, -0.15) is 5.10 Å². The van der Waals surface area contributed by atoms with Crippen molar-refractivity contribution < 1.29 is 14.7 Å². The van der Waals surface area contributed by atoms with Crippen LogP contribution >= 0.6 is 23.2 Å². The van der Waals surface area contributed by atoms with Crippen molar-refractivity contribution in [2.24, 2.45) is 0 Å². The summed E-state index contributed by atoms with van der Waals surface area (Å²) in [6.45, 7) is 3.32. The Morgan fingerprint density at radius 1 is 1.29 bits per heavy atom. The van der Waals surface area contributed by atoms with Crippen LogP contribution in [0.25, 0.3) is 5.69 Å². The number of halogens is 2. The molecule has 6 nitrogen and oxygen atoms in total. The van der Waals surface area contributed by atoms with Crippen molar-refractivity contribution in [1.29, 1.82) is 0 Å². The number of rotatable bonds is 6. The fraction of sp³-hybridized carbons (Fsp3) is 0.312. The van der Waals surface area contributed by atoms with Crippen molar-refractivity contribution >= 4 is 35.1 Å². The fourth-order valence-corrected chi connectivity index (χ4v) is 2.44. The van der Waals surface area contributed by atoms with E-state index in [1.165, 1.54) is 9.58 Å². The van der Waals surface area contributed by atoms with E-state index in [1.54, 1.807) is 37.4 Å². The molecular formula is C16H17Cl2N3O3. The molecule has 0 saturated carbocycles. The second-order valence-corrected chi connectivity index (χ2v) is 6.14. The van der Waals surface area contributed by atoms with E-state index in [-0.39, 0.29) is 18.3 Å². The van der Waals surface area contributed by atoms with Crippen LogP contribution in [0.15, 0.2) is 30.5 Å². The summed E-state index contributed by atoms with van der Waals surface area (Å²) in [6.07, 6.45) is 2.26. The minimum atomic E-state index is -1.06. The molecular weight excluding hydrogens is 353 g/mol. The predicted molar refractivity (Wildman–Crippen MR) is 92.0 cm³/mol. The van der Waals surface area contributed by atoms with Crippen molar-refractivity contribution in [3.05, 3.63) is 46.2 Å². The van der Waals surface area contributed by atoms with Gasteiger partial charge >= 0.3 is 5.97 Å². The third-order valence-corrected chi connectivity index (χ3v) is 4.40. The maximum atomic E-state index is 12.6. The number of aromatic nitrogens is 2. The lowest BCUT2D eigenvalue weighted by molar-refractivity contribution is -0.138. The summed E-state index contributed by atoms with van der Waals surface area (Å²) in [5.41, 5.74) is 0.819. The predicted octanol–water partition coefficient (Wildman–Crippen LogP) is 3.50. The van der Waals surface area contributed by atoms with Crippen LogP contribution in [0.4, 0.5) is 0 Å². The highest BCUT2D eigenvalue weighted by Gasteiger charge is 2.24. The Hall–Kier alpha value is -2.05. The molecule has 0 spiro atoms. The Kier molecular flexibility index (Phi) is 5.85. The maximum Gasteiger partial charge on any atom is 0.323 e. The number of carbonyl (C=O) groups excluding carboxylic acids is 1. The maximum absolute atomic E-state index is 12.6. The number of hydrogen-bond acceptors (Lipinski definition) is 3. The molecule has 1 amide bonds. The van der Waals surface area contributed by atoms with Crippen LogP contribution in [0, 0.1) is 0 Å². The van der Waals surface area contributed by atoms with Gasteiger partial charge in [0.25, 0.3) is 5.91 Å². The number of carbonyl (C=O) groups is 2. The zero-order valence-corrected chi connectivity index (χ0v) is 14.8. The molecule has 0 bridgehead atoms. The molecule has 0 radical (unpaired) electrons. The van der Waals surface area contributed by atoms with Gasteiger partial charge < -0.3 is 10.0 Å². The minimum absolute atomic E-state index is 0.169. The summed E-state index contributed by atoms with van der Waals surface area (Å²) < 4.78 is 1.49. The number of carboxylic acids is 1. The molecule has 128 valence electrons. The lowest BCUT2D eigenvalue weighted by atomic mass is 10.2. The lowest BCUT2D eigenvalue weighted by Crippen LogP contribution is -2.42. The smallest absolute Gasteiger partial charge is 0.323 e. The Labute approximate surface area is 149 Å². The van der Waals surface area contributed by atoms with Crippen LogP contribution < -0.4 is 0 Å². The number of carboxylic acid groups (broad SMARTS) is 1. The highest BCUT2D eigenvalue weighted by molar-refractivity contribution is 6.42. The molecule has 1 N–H and O–H groups in total. The summed E-state index contributed by atoms with van der Waals surface area (Å²) in [7, 11) is 0. The third kappa shape index (κ3) is 4.07. The Bertz CT molecular complexity index is 761. The van der Waals surface area contributed by atoms with Gasteiger partial charge in [0.2, 0.25) is 0 Å². The van der Waals surface area contributed by atoms with Crippen LogP contribution in [0.5, 0.6) is 0 Å². The molecule has 1 atom stereocenters. The van der Waals surface area contributed by atoms with Crippen molar-refractivity contribution in [2.75, 3.05) is 6.54 Å². The Morgan fingerprint density at radius 3 is 2.58 bits per heavy atom. The highest BCUT2D eigenvalue weighted by Crippen LogP contribution is 2.24. The van der Waals surface area contributed by atoms with Crippen LogP contribution in [-0.4, -0.2) is 44.3 Å². The molecule has 0 aliphatic carbocycles. The number of hydrogen-bond donors (Lipinski definition) is 1. The van der Waals surface area contributed by atoms with Gasteiger partial charge in [0.15, 0.2) is 5.69 Å². The minimum Gasteiger partial charge on any atom is -0.480 e. The topological polar surface area (TPSA) is 75.4 Å². The van der Waals surface area contributed by atoms with Gasteiger partial charge in [-0.05, 0) is 37.6 Å². The van der Waals surface area contributed by atoms with Crippen LogP contribution in [0.2, 0.25) is 10.0 Å². The average molecular weight is 370 g/mol. The number of benzene rings is 1. The third-order valence-electron chi connectivity index (χ3n) is 3.67. The molecule has 24 heavy (non-hydrogen) atoms. The van der Waals surface area contributed by atoms with Crippen molar-refractivity contribution in [3.8, 4) is 5.69 Å². The SMILES string of the molecule is CCC(C)N(CC(=O)O)C(=O)c1ccn(-c2ccc(Cl)c(Cl)c2)n1. The van der Waals surface area contributed by atoms with Gasteiger partial charge in [-0.15, -0.1) is 0 Å². The number of amides is 1. The summed E-state index contributed by atoms with van der Waals surface area (Å²) >= 11 is 11.9. The standard InChI is InChI=1S/C16H17Cl2N3O3/c1-3-10(2)20(9-15(22)23)16(24)14-6-7-21(19-14)11-4-5-12(17)13(18)8-11/h4-8,10H,3,9H2,1-2H3,(H,22,23). The molecule has 0 saturated heterocycles. The number of aliphatic carboxylic acids is 1. The van der Waals surface area contributed by atoms with E-state index in [1.807, 2.05) is 6.92 Å². The summed E-state index contributed by atoms with van der Waals surface area (Å²) in [5, 5.41) is 14.0. The van der Waals surface area contributed by atoms with Crippen LogP contribution in [0.1, 0.15) is 30.8 Å². The van der Waals surface area contributed by atoms with E-state index in [0.29, 0.717) is 22.2 Å². The largest absolute Gasteiger partial charge is 0.480 e. The molecule has 1 aromatic carbocycles. The van der Waals surface area contributed by atoms with Gasteiger partial charge in [-0.1, -0.05) is 30.1 Å². The first-order valence-corrected chi connectivity index (χ1v) is 8.13. The normalized spacial score (nSPS) is 12.0. The molecule has 0 aliphatic rings.